The van der Waals surface area contributed by atoms with Crippen LogP contribution in [0.4, 0.5) is 0 Å². The van der Waals surface area contributed by atoms with Crippen molar-refractivity contribution in [2.45, 2.75) is 166 Å². The Morgan fingerprint density at radius 3 is 1.98 bits per heavy atom. The molecule has 13 nitrogen and oxygen atoms in total. The van der Waals surface area contributed by atoms with E-state index in [4.69, 9.17) is 11.5 Å². The molecule has 0 aliphatic heterocycles. The molecule has 1 fully saturated rings. The number of rotatable bonds is 28. The minimum Gasteiger partial charge on any atom is -0.368 e. The highest BCUT2D eigenvalue weighted by atomic mass is 16.2. The molecule has 0 radical (unpaired) electrons. The Balaban J connectivity index is 1.75. The second kappa shape index (κ2) is 23.0. The molecule has 5 amide bonds. The van der Waals surface area contributed by atoms with Gasteiger partial charge in [0, 0.05) is 18.3 Å². The number of aromatic nitrogens is 2. The number of nitrogens with one attached hydrogen (secondary N) is 5. The Morgan fingerprint density at radius 2 is 1.43 bits per heavy atom. The Kier molecular flexibility index (Phi) is 19.6. The first-order valence-electron chi connectivity index (χ1n) is 18.7. The van der Waals surface area contributed by atoms with Gasteiger partial charge >= 0.3 is 0 Å². The predicted molar refractivity (Wildman–Crippen MR) is 191 cm³/mol. The van der Waals surface area contributed by atoms with Gasteiger partial charge in [0.25, 0.3) is 0 Å². The van der Waals surface area contributed by atoms with Crippen LogP contribution >= 0.6 is 0 Å². The van der Waals surface area contributed by atoms with Gasteiger partial charge in [-0.1, -0.05) is 84.0 Å². The summed E-state index contributed by atoms with van der Waals surface area (Å²) >= 11 is 0. The van der Waals surface area contributed by atoms with Gasteiger partial charge in [0.15, 0.2) is 0 Å². The van der Waals surface area contributed by atoms with Gasteiger partial charge < -0.3 is 37.7 Å². The monoisotopic (exact) mass is 688 g/mol. The smallest absolute Gasteiger partial charge is 0.246 e. The Labute approximate surface area is 293 Å². The summed E-state index contributed by atoms with van der Waals surface area (Å²) in [6.07, 6.45) is 22.0. The fourth-order valence-electron chi connectivity index (χ4n) is 6.24. The lowest BCUT2D eigenvalue weighted by molar-refractivity contribution is -0.134. The minimum atomic E-state index is -1.07. The second-order valence-corrected chi connectivity index (χ2v) is 13.8. The number of hydrogen-bond acceptors (Lipinski definition) is 7. The topological polar surface area (TPSA) is 214 Å². The molecule has 1 aromatic heterocycles. The van der Waals surface area contributed by atoms with Crippen molar-refractivity contribution in [1.82, 2.24) is 31.2 Å². The number of imidazole rings is 1. The number of nitrogens with two attached hydrogens (primary N) is 2. The molecule has 1 saturated carbocycles. The van der Waals surface area contributed by atoms with Crippen molar-refractivity contribution < 1.29 is 24.0 Å². The number of amides is 5. The average Bonchev–Trinajstić information content (AvgIpc) is 3.50. The number of aromatic amines is 1. The lowest BCUT2D eigenvalue weighted by atomic mass is 10.0. The highest BCUT2D eigenvalue weighted by molar-refractivity contribution is 5.98. The van der Waals surface area contributed by atoms with Crippen molar-refractivity contribution in [3.63, 3.8) is 0 Å². The van der Waals surface area contributed by atoms with E-state index >= 15 is 0 Å². The van der Waals surface area contributed by atoms with Gasteiger partial charge in [-0.2, -0.15) is 0 Å². The van der Waals surface area contributed by atoms with E-state index in [0.717, 1.165) is 31.4 Å². The van der Waals surface area contributed by atoms with Crippen LogP contribution in [0.25, 0.3) is 0 Å². The zero-order chi connectivity index (χ0) is 36.1. The fourth-order valence-corrected chi connectivity index (χ4v) is 6.24. The SMILES string of the molecule is CCCCCCCCCCCCCCCC(=O)NC1(C(=O)N[C@@H](C)C(=O)N[C@@H](C)C(=O)N[C@@H](CCc2cnc[nH]2)C(N)=O)CC1CCCN. The molecule has 0 saturated heterocycles. The molecule has 1 aliphatic rings. The highest BCUT2D eigenvalue weighted by Crippen LogP contribution is 2.47. The number of aryl methyl sites for hydroxylation is 1. The van der Waals surface area contributed by atoms with E-state index in [1.165, 1.54) is 84.4 Å². The van der Waals surface area contributed by atoms with Crippen molar-refractivity contribution in [3.8, 4) is 0 Å². The van der Waals surface area contributed by atoms with Crippen LogP contribution in [0.2, 0.25) is 0 Å². The summed E-state index contributed by atoms with van der Waals surface area (Å²) in [4.78, 5) is 70.9. The molecule has 2 rings (SSSR count). The van der Waals surface area contributed by atoms with E-state index in [-0.39, 0.29) is 18.2 Å². The number of carbonyl (C=O) groups is 5. The van der Waals surface area contributed by atoms with Crippen LogP contribution in [0, 0.1) is 5.92 Å². The van der Waals surface area contributed by atoms with E-state index in [1.807, 2.05) is 0 Å². The minimum absolute atomic E-state index is 0.0564. The first-order valence-corrected chi connectivity index (χ1v) is 18.7. The molecule has 1 heterocycles. The van der Waals surface area contributed by atoms with Crippen molar-refractivity contribution in [1.29, 1.82) is 0 Å². The highest BCUT2D eigenvalue weighted by Gasteiger charge is 2.60. The fraction of sp³-hybridized carbons (Fsp3) is 0.778. The maximum absolute atomic E-state index is 13.5. The standard InChI is InChI=1S/C36H64N8O5/c1-4-5-6-7-8-9-10-11-12-13-14-15-16-19-31(45)44-36(23-28(36)18-17-22-37)35(49)42-27(3)33(47)41-26(2)34(48)43-30(32(38)46)21-20-29-24-39-25-40-29/h24-28,30H,4-23,37H2,1-3H3,(H2,38,46)(H,39,40)(H,41,47)(H,42,49)(H,43,48)(H,44,45)/t26-,27-,28?,30-,36?/m0/s1. The lowest BCUT2D eigenvalue weighted by Crippen LogP contribution is -2.57. The van der Waals surface area contributed by atoms with Crippen molar-refractivity contribution in [3.05, 3.63) is 18.2 Å². The number of hydrogen-bond donors (Lipinski definition) is 7. The number of nitrogens with zero attached hydrogens (tertiary/aromatic N) is 1. The Hall–Kier alpha value is -3.48. The number of primary amides is 1. The average molecular weight is 689 g/mol. The molecule has 13 heteroatoms. The first-order chi connectivity index (χ1) is 23.5. The molecule has 1 aromatic rings. The molecular formula is C36H64N8O5. The Morgan fingerprint density at radius 1 is 0.857 bits per heavy atom. The van der Waals surface area contributed by atoms with Gasteiger partial charge in [-0.3, -0.25) is 24.0 Å². The van der Waals surface area contributed by atoms with E-state index < -0.39 is 47.3 Å². The van der Waals surface area contributed by atoms with E-state index in [2.05, 4.69) is 38.2 Å². The summed E-state index contributed by atoms with van der Waals surface area (Å²) in [6.45, 7) is 5.73. The van der Waals surface area contributed by atoms with E-state index in [9.17, 15) is 24.0 Å². The Bertz CT molecular complexity index is 1150. The van der Waals surface area contributed by atoms with Gasteiger partial charge in [0.05, 0.1) is 6.33 Å². The van der Waals surface area contributed by atoms with Crippen LogP contribution in [-0.4, -0.2) is 69.7 Å². The summed E-state index contributed by atoms with van der Waals surface area (Å²) in [5.74, 6) is -2.48. The van der Waals surface area contributed by atoms with Crippen LogP contribution in [-0.2, 0) is 30.4 Å². The molecule has 278 valence electrons. The van der Waals surface area contributed by atoms with Gasteiger partial charge in [-0.15, -0.1) is 0 Å². The lowest BCUT2D eigenvalue weighted by Gasteiger charge is -2.24. The molecule has 2 unspecified atom stereocenters. The summed E-state index contributed by atoms with van der Waals surface area (Å²) in [5.41, 5.74) is 10.9. The third-order valence-electron chi connectivity index (χ3n) is 9.55. The molecule has 1 aliphatic carbocycles. The first kappa shape index (κ1) is 41.7. The van der Waals surface area contributed by atoms with Gasteiger partial charge in [0.1, 0.15) is 23.7 Å². The molecule has 0 bridgehead atoms. The van der Waals surface area contributed by atoms with Gasteiger partial charge in [0.2, 0.25) is 29.5 Å². The normalized spacial score (nSPS) is 18.6. The molecule has 0 aromatic carbocycles. The van der Waals surface area contributed by atoms with E-state index in [0.29, 0.717) is 32.2 Å². The third-order valence-corrected chi connectivity index (χ3v) is 9.55. The van der Waals surface area contributed by atoms with E-state index in [1.54, 1.807) is 6.20 Å². The molecule has 5 atom stereocenters. The van der Waals surface area contributed by atoms with Crippen LogP contribution < -0.4 is 32.7 Å². The van der Waals surface area contributed by atoms with Crippen LogP contribution in [0.3, 0.4) is 0 Å². The number of H-pyrrole nitrogens is 1. The maximum atomic E-state index is 13.5. The molecule has 49 heavy (non-hydrogen) atoms. The van der Waals surface area contributed by atoms with Crippen molar-refractivity contribution in [2.24, 2.45) is 17.4 Å². The maximum Gasteiger partial charge on any atom is 0.246 e. The zero-order valence-electron chi connectivity index (χ0n) is 30.2. The quantitative estimate of drug-likeness (QED) is 0.0651. The van der Waals surface area contributed by atoms with Gasteiger partial charge in [-0.25, -0.2) is 4.98 Å². The number of carbonyl (C=O) groups excluding carboxylic acids is 5. The van der Waals surface area contributed by atoms with Crippen LogP contribution in [0.5, 0.6) is 0 Å². The van der Waals surface area contributed by atoms with Crippen LogP contribution in [0.1, 0.15) is 142 Å². The predicted octanol–water partition coefficient (Wildman–Crippen LogP) is 3.42. The summed E-state index contributed by atoms with van der Waals surface area (Å²) in [6, 6.07) is -2.90. The van der Waals surface area contributed by atoms with Crippen molar-refractivity contribution >= 4 is 29.5 Å². The molecule has 9 N–H and O–H groups in total. The summed E-state index contributed by atoms with van der Waals surface area (Å²) in [7, 11) is 0. The van der Waals surface area contributed by atoms with Gasteiger partial charge in [-0.05, 0) is 64.8 Å². The van der Waals surface area contributed by atoms with Crippen molar-refractivity contribution in [2.75, 3.05) is 6.54 Å². The second-order valence-electron chi connectivity index (χ2n) is 13.8. The molecule has 0 spiro atoms. The summed E-state index contributed by atoms with van der Waals surface area (Å²) in [5, 5.41) is 10.9. The zero-order valence-corrected chi connectivity index (χ0v) is 30.2. The molecular weight excluding hydrogens is 624 g/mol. The number of unbranched alkanes of at least 4 members (excludes halogenated alkanes) is 12. The van der Waals surface area contributed by atoms with Crippen LogP contribution in [0.15, 0.2) is 12.5 Å². The third kappa shape index (κ3) is 15.7. The largest absolute Gasteiger partial charge is 0.368 e. The summed E-state index contributed by atoms with van der Waals surface area (Å²) < 4.78 is 0.